The number of nitrogens with one attached hydrogen (secondary N) is 1. The largest absolute Gasteiger partial charge is 0.381 e. The van der Waals surface area contributed by atoms with Crippen LogP contribution in [0.5, 0.6) is 0 Å². The van der Waals surface area contributed by atoms with Crippen LogP contribution in [-0.2, 0) is 20.5 Å². The number of hydrogen-bond donors (Lipinski definition) is 1. The number of hydrogen-bond acceptors (Lipinski definition) is 4. The Labute approximate surface area is 103 Å². The molecular weight excluding hydrogens is 232 g/mol. The monoisotopic (exact) mass is 246 g/mol. The third kappa shape index (κ3) is 1.25. The van der Waals surface area contributed by atoms with Crippen LogP contribution in [0.1, 0.15) is 12.5 Å². The molecule has 6 nitrogen and oxygen atoms in total. The number of anilines is 1. The van der Waals surface area contributed by atoms with Gasteiger partial charge in [0.1, 0.15) is 5.39 Å². The van der Waals surface area contributed by atoms with E-state index in [9.17, 15) is 9.59 Å². The first-order chi connectivity index (χ1) is 8.50. The molecule has 1 aliphatic rings. The molecule has 6 heteroatoms. The molecule has 0 radical (unpaired) electrons. The molecule has 2 aromatic rings. The molecule has 0 bridgehead atoms. The van der Waals surface area contributed by atoms with E-state index >= 15 is 0 Å². The van der Waals surface area contributed by atoms with Gasteiger partial charge in [0.05, 0.1) is 5.69 Å². The molecule has 94 valence electrons. The zero-order valence-corrected chi connectivity index (χ0v) is 10.5. The van der Waals surface area contributed by atoms with Gasteiger partial charge in [-0.3, -0.25) is 13.9 Å². The summed E-state index contributed by atoms with van der Waals surface area (Å²) >= 11 is 0. The van der Waals surface area contributed by atoms with E-state index in [1.807, 2.05) is 0 Å². The van der Waals surface area contributed by atoms with Crippen molar-refractivity contribution in [3.05, 3.63) is 32.6 Å². The van der Waals surface area contributed by atoms with Gasteiger partial charge < -0.3 is 5.32 Å². The number of rotatable bonds is 0. The number of pyridine rings is 1. The van der Waals surface area contributed by atoms with Gasteiger partial charge in [-0.05, 0) is 18.9 Å². The van der Waals surface area contributed by atoms with E-state index in [-0.39, 0.29) is 17.3 Å². The average molecular weight is 246 g/mol. The van der Waals surface area contributed by atoms with Crippen LogP contribution in [-0.4, -0.2) is 20.2 Å². The summed E-state index contributed by atoms with van der Waals surface area (Å²) in [6.07, 6.45) is 2.59. The molecule has 1 aliphatic heterocycles. The summed E-state index contributed by atoms with van der Waals surface area (Å²) in [6, 6.07) is 0.286. The summed E-state index contributed by atoms with van der Waals surface area (Å²) in [5.74, 6) is 0. The van der Waals surface area contributed by atoms with Crippen LogP contribution in [0.15, 0.2) is 15.8 Å². The average Bonchev–Trinajstić information content (AvgIpc) is 2.72. The van der Waals surface area contributed by atoms with Gasteiger partial charge in [-0.25, -0.2) is 9.78 Å². The first-order valence-corrected chi connectivity index (χ1v) is 5.85. The van der Waals surface area contributed by atoms with Crippen molar-refractivity contribution in [1.82, 2.24) is 14.1 Å². The van der Waals surface area contributed by atoms with E-state index in [2.05, 4.69) is 17.2 Å². The molecule has 0 fully saturated rings. The lowest BCUT2D eigenvalue weighted by Gasteiger charge is -2.10. The van der Waals surface area contributed by atoms with Crippen molar-refractivity contribution in [1.29, 1.82) is 0 Å². The highest BCUT2D eigenvalue weighted by Gasteiger charge is 2.23. The Bertz CT molecular complexity index is 772. The van der Waals surface area contributed by atoms with Gasteiger partial charge >= 0.3 is 5.69 Å². The van der Waals surface area contributed by atoms with Crippen LogP contribution in [0.4, 0.5) is 5.69 Å². The molecule has 0 aromatic carbocycles. The fourth-order valence-electron chi connectivity index (χ4n) is 2.51. The lowest BCUT2D eigenvalue weighted by atomic mass is 10.1. The van der Waals surface area contributed by atoms with Crippen LogP contribution in [0.2, 0.25) is 0 Å². The highest BCUT2D eigenvalue weighted by Crippen LogP contribution is 2.29. The molecule has 3 rings (SSSR count). The zero-order chi connectivity index (χ0) is 13.0. The molecule has 0 amide bonds. The number of aromatic nitrogens is 3. The van der Waals surface area contributed by atoms with Gasteiger partial charge in [0.15, 0.2) is 5.65 Å². The molecule has 2 aromatic heterocycles. The van der Waals surface area contributed by atoms with Crippen molar-refractivity contribution >= 4 is 16.7 Å². The van der Waals surface area contributed by atoms with Crippen LogP contribution in [0.3, 0.4) is 0 Å². The second-order valence-electron chi connectivity index (χ2n) is 4.81. The quantitative estimate of drug-likeness (QED) is 0.709. The topological polar surface area (TPSA) is 68.9 Å². The fraction of sp³-hybridized carbons (Fsp3) is 0.417. The van der Waals surface area contributed by atoms with E-state index in [1.54, 1.807) is 13.2 Å². The molecule has 0 spiro atoms. The van der Waals surface area contributed by atoms with E-state index < -0.39 is 0 Å². The first-order valence-electron chi connectivity index (χ1n) is 5.85. The standard InChI is InChI=1S/C12H14N4O2/c1-6-4-7-5-13-10-8(9(7)14-6)11(17)16(3)12(18)15(10)2/h5-6,14H,4H2,1-3H3. The smallest absolute Gasteiger partial charge is 0.332 e. The van der Waals surface area contributed by atoms with Crippen LogP contribution in [0.25, 0.3) is 11.0 Å². The van der Waals surface area contributed by atoms with E-state index in [0.717, 1.165) is 22.2 Å². The molecule has 1 N–H and O–H groups in total. The normalized spacial score (nSPS) is 17.8. The Balaban J connectivity index is 2.55. The van der Waals surface area contributed by atoms with Crippen molar-refractivity contribution < 1.29 is 0 Å². The minimum absolute atomic E-state index is 0.286. The van der Waals surface area contributed by atoms with Crippen LogP contribution >= 0.6 is 0 Å². The van der Waals surface area contributed by atoms with Crippen molar-refractivity contribution in [2.45, 2.75) is 19.4 Å². The van der Waals surface area contributed by atoms with Gasteiger partial charge in [0.25, 0.3) is 5.56 Å². The Hall–Kier alpha value is -2.11. The number of fused-ring (bicyclic) bond motifs is 3. The Morgan fingerprint density at radius 2 is 2.06 bits per heavy atom. The predicted octanol–water partition coefficient (Wildman–Crippen LogP) is -0.0113. The predicted molar refractivity (Wildman–Crippen MR) is 69.0 cm³/mol. The SMILES string of the molecule is CC1Cc2cnc3c(c2N1)c(=O)n(C)c(=O)n3C. The molecule has 18 heavy (non-hydrogen) atoms. The molecule has 0 saturated heterocycles. The third-order valence-electron chi connectivity index (χ3n) is 3.46. The fourth-order valence-corrected chi connectivity index (χ4v) is 2.51. The molecule has 1 atom stereocenters. The van der Waals surface area contributed by atoms with Gasteiger partial charge in [-0.2, -0.15) is 0 Å². The van der Waals surface area contributed by atoms with Crippen molar-refractivity contribution in [2.24, 2.45) is 14.1 Å². The maximum atomic E-state index is 12.2. The molecule has 0 aliphatic carbocycles. The lowest BCUT2D eigenvalue weighted by Crippen LogP contribution is -2.37. The maximum Gasteiger partial charge on any atom is 0.332 e. The molecule has 1 unspecified atom stereocenters. The second kappa shape index (κ2) is 3.44. The minimum atomic E-state index is -0.356. The van der Waals surface area contributed by atoms with Crippen molar-refractivity contribution in [2.75, 3.05) is 5.32 Å². The van der Waals surface area contributed by atoms with E-state index in [0.29, 0.717) is 11.0 Å². The van der Waals surface area contributed by atoms with E-state index in [4.69, 9.17) is 0 Å². The minimum Gasteiger partial charge on any atom is -0.381 e. The molecular formula is C12H14N4O2. The summed E-state index contributed by atoms with van der Waals surface area (Å²) in [5.41, 5.74) is 1.64. The van der Waals surface area contributed by atoms with Crippen LogP contribution in [0, 0.1) is 0 Å². The Morgan fingerprint density at radius 1 is 1.33 bits per heavy atom. The van der Waals surface area contributed by atoms with Gasteiger partial charge in [-0.15, -0.1) is 0 Å². The zero-order valence-electron chi connectivity index (χ0n) is 10.5. The lowest BCUT2D eigenvalue weighted by molar-refractivity contribution is 0.708. The highest BCUT2D eigenvalue weighted by atomic mass is 16.2. The molecule has 3 heterocycles. The summed E-state index contributed by atoms with van der Waals surface area (Å²) in [6.45, 7) is 2.05. The highest BCUT2D eigenvalue weighted by molar-refractivity contribution is 5.91. The van der Waals surface area contributed by atoms with Crippen molar-refractivity contribution in [3.63, 3.8) is 0 Å². The third-order valence-corrected chi connectivity index (χ3v) is 3.46. The first kappa shape index (κ1) is 11.0. The van der Waals surface area contributed by atoms with Crippen molar-refractivity contribution in [3.8, 4) is 0 Å². The summed E-state index contributed by atoms with van der Waals surface area (Å²) in [7, 11) is 3.11. The molecule has 0 saturated carbocycles. The summed E-state index contributed by atoms with van der Waals surface area (Å²) in [4.78, 5) is 28.3. The Kier molecular flexibility index (Phi) is 2.10. The Morgan fingerprint density at radius 3 is 2.78 bits per heavy atom. The second-order valence-corrected chi connectivity index (χ2v) is 4.81. The number of aryl methyl sites for hydroxylation is 1. The van der Waals surface area contributed by atoms with Gasteiger partial charge in [0.2, 0.25) is 0 Å². The summed E-state index contributed by atoms with van der Waals surface area (Å²) in [5, 5.41) is 3.79. The van der Waals surface area contributed by atoms with Gasteiger partial charge in [0, 0.05) is 26.3 Å². The van der Waals surface area contributed by atoms with Gasteiger partial charge in [-0.1, -0.05) is 0 Å². The number of nitrogens with zero attached hydrogens (tertiary/aromatic N) is 3. The van der Waals surface area contributed by atoms with E-state index in [1.165, 1.54) is 11.6 Å². The van der Waals surface area contributed by atoms with Crippen LogP contribution < -0.4 is 16.6 Å². The maximum absolute atomic E-state index is 12.2. The summed E-state index contributed by atoms with van der Waals surface area (Å²) < 4.78 is 2.52.